The van der Waals surface area contributed by atoms with Crippen LogP contribution >= 0.6 is 0 Å². The van der Waals surface area contributed by atoms with E-state index in [0.717, 1.165) is 38.0 Å². The second kappa shape index (κ2) is 4.65. The molecule has 0 amide bonds. The Hall–Kier alpha value is -0.370. The zero-order valence-electron chi connectivity index (χ0n) is 9.61. The van der Waals surface area contributed by atoms with Gasteiger partial charge in [-0.05, 0) is 49.9 Å². The second-order valence-electron chi connectivity index (χ2n) is 5.35. The lowest BCUT2D eigenvalue weighted by molar-refractivity contribution is -0.118. The van der Waals surface area contributed by atoms with Gasteiger partial charge in [-0.1, -0.05) is 6.92 Å². The molecule has 1 N–H and O–H groups in total. The van der Waals surface area contributed by atoms with Crippen LogP contribution in [0.2, 0.25) is 0 Å². The topological polar surface area (TPSA) is 37.3 Å². The summed E-state index contributed by atoms with van der Waals surface area (Å²) < 4.78 is 0. The molecule has 15 heavy (non-hydrogen) atoms. The van der Waals surface area contributed by atoms with Crippen molar-refractivity contribution in [3.8, 4) is 0 Å². The number of Topliss-reactive ketones (excluding diaryl/α,β-unsaturated/α-hetero) is 1. The number of fused-ring (bicyclic) bond motifs is 1. The van der Waals surface area contributed by atoms with E-state index in [1.165, 1.54) is 12.8 Å². The Morgan fingerprint density at radius 3 is 2.93 bits per heavy atom. The number of rotatable bonds is 4. The van der Waals surface area contributed by atoms with Crippen LogP contribution in [0.4, 0.5) is 0 Å². The molecular weight excluding hydrogens is 188 g/mol. The molecule has 2 saturated carbocycles. The fourth-order valence-electron chi connectivity index (χ4n) is 3.44. The molecule has 4 atom stereocenters. The molecule has 2 rings (SSSR count). The maximum atomic E-state index is 11.3. The van der Waals surface area contributed by atoms with E-state index in [-0.39, 0.29) is 6.10 Å². The second-order valence-corrected chi connectivity index (χ2v) is 5.35. The van der Waals surface area contributed by atoms with Gasteiger partial charge < -0.3 is 5.11 Å². The van der Waals surface area contributed by atoms with Crippen molar-refractivity contribution in [1.82, 2.24) is 0 Å². The van der Waals surface area contributed by atoms with E-state index in [1.54, 1.807) is 0 Å². The fourth-order valence-corrected chi connectivity index (χ4v) is 3.44. The molecule has 0 aromatic heterocycles. The number of ketones is 1. The Balaban J connectivity index is 1.81. The van der Waals surface area contributed by atoms with Gasteiger partial charge in [0, 0.05) is 12.8 Å². The third kappa shape index (κ3) is 2.41. The van der Waals surface area contributed by atoms with Gasteiger partial charge in [-0.2, -0.15) is 0 Å². The number of carbonyl (C=O) groups is 1. The summed E-state index contributed by atoms with van der Waals surface area (Å²) >= 11 is 0. The Morgan fingerprint density at radius 2 is 2.20 bits per heavy atom. The molecule has 0 aromatic carbocycles. The number of hydrogen-bond donors (Lipinski definition) is 1. The lowest BCUT2D eigenvalue weighted by Crippen LogP contribution is -2.13. The fraction of sp³-hybridized carbons (Fsp3) is 0.923. The minimum Gasteiger partial charge on any atom is -0.393 e. The summed E-state index contributed by atoms with van der Waals surface area (Å²) in [5.74, 6) is 2.57. The van der Waals surface area contributed by atoms with Gasteiger partial charge in [0.25, 0.3) is 0 Å². The molecule has 0 aliphatic heterocycles. The zero-order chi connectivity index (χ0) is 10.8. The normalized spacial score (nSPS) is 36.9. The molecule has 0 saturated heterocycles. The molecule has 4 unspecified atom stereocenters. The molecule has 0 spiro atoms. The molecule has 2 heteroatoms. The molecule has 2 aliphatic carbocycles. The van der Waals surface area contributed by atoms with Gasteiger partial charge in [-0.25, -0.2) is 0 Å². The van der Waals surface area contributed by atoms with Crippen LogP contribution in [0.15, 0.2) is 0 Å². The van der Waals surface area contributed by atoms with Crippen molar-refractivity contribution in [3.05, 3.63) is 0 Å². The summed E-state index contributed by atoms with van der Waals surface area (Å²) in [7, 11) is 0. The number of aliphatic hydroxyl groups is 1. The summed E-state index contributed by atoms with van der Waals surface area (Å²) in [5.41, 5.74) is 0. The van der Waals surface area contributed by atoms with Gasteiger partial charge >= 0.3 is 0 Å². The number of carbonyl (C=O) groups excluding carboxylic acids is 1. The van der Waals surface area contributed by atoms with Crippen molar-refractivity contribution >= 4 is 5.78 Å². The summed E-state index contributed by atoms with van der Waals surface area (Å²) in [4.78, 5) is 11.3. The van der Waals surface area contributed by atoms with Crippen LogP contribution in [0.5, 0.6) is 0 Å². The maximum absolute atomic E-state index is 11.3. The Bertz CT molecular complexity index is 237. The summed E-state index contributed by atoms with van der Waals surface area (Å²) in [6.07, 6.45) is 7.01. The molecular formula is C13H22O2. The zero-order valence-corrected chi connectivity index (χ0v) is 9.61. The van der Waals surface area contributed by atoms with Crippen LogP contribution < -0.4 is 0 Å². The summed E-state index contributed by atoms with van der Waals surface area (Å²) in [6, 6.07) is 0. The largest absolute Gasteiger partial charge is 0.393 e. The molecule has 2 fully saturated rings. The summed E-state index contributed by atoms with van der Waals surface area (Å²) in [6.45, 7) is 2.03. The van der Waals surface area contributed by atoms with Gasteiger partial charge in [0.15, 0.2) is 0 Å². The van der Waals surface area contributed by atoms with Crippen LogP contribution in [-0.2, 0) is 4.79 Å². The Morgan fingerprint density at radius 1 is 1.40 bits per heavy atom. The first-order chi connectivity index (χ1) is 7.20. The minimum atomic E-state index is -0.124. The number of hydrogen-bond acceptors (Lipinski definition) is 2. The highest BCUT2D eigenvalue weighted by molar-refractivity contribution is 5.81. The molecule has 2 aliphatic rings. The monoisotopic (exact) mass is 210 g/mol. The molecule has 86 valence electrons. The van der Waals surface area contributed by atoms with E-state index in [2.05, 4.69) is 0 Å². The highest BCUT2D eigenvalue weighted by Gasteiger charge is 2.42. The average molecular weight is 210 g/mol. The van der Waals surface area contributed by atoms with E-state index in [4.69, 9.17) is 0 Å². The van der Waals surface area contributed by atoms with Crippen molar-refractivity contribution in [3.63, 3.8) is 0 Å². The minimum absolute atomic E-state index is 0.124. The predicted molar refractivity (Wildman–Crippen MR) is 59.5 cm³/mol. The first-order valence-corrected chi connectivity index (χ1v) is 6.40. The SMILES string of the molecule is CCC(O)CCC1CCC2CC(=O)CC12. The van der Waals surface area contributed by atoms with Crippen molar-refractivity contribution < 1.29 is 9.90 Å². The van der Waals surface area contributed by atoms with Crippen LogP contribution in [0.3, 0.4) is 0 Å². The highest BCUT2D eigenvalue weighted by atomic mass is 16.3. The number of aliphatic hydroxyl groups excluding tert-OH is 1. The Kier molecular flexibility index (Phi) is 3.45. The third-order valence-corrected chi connectivity index (χ3v) is 4.41. The molecule has 2 nitrogen and oxygen atoms in total. The van der Waals surface area contributed by atoms with E-state index in [0.29, 0.717) is 17.6 Å². The van der Waals surface area contributed by atoms with Crippen molar-refractivity contribution in [1.29, 1.82) is 0 Å². The van der Waals surface area contributed by atoms with Crippen molar-refractivity contribution in [2.24, 2.45) is 17.8 Å². The maximum Gasteiger partial charge on any atom is 0.133 e. The average Bonchev–Trinajstić information content (AvgIpc) is 2.73. The van der Waals surface area contributed by atoms with E-state index in [1.807, 2.05) is 6.92 Å². The smallest absolute Gasteiger partial charge is 0.133 e. The van der Waals surface area contributed by atoms with E-state index >= 15 is 0 Å². The van der Waals surface area contributed by atoms with Crippen LogP contribution in [0, 0.1) is 17.8 Å². The molecule has 0 radical (unpaired) electrons. The van der Waals surface area contributed by atoms with Gasteiger partial charge in [0.2, 0.25) is 0 Å². The van der Waals surface area contributed by atoms with Crippen molar-refractivity contribution in [2.75, 3.05) is 0 Å². The van der Waals surface area contributed by atoms with Crippen LogP contribution in [0.25, 0.3) is 0 Å². The van der Waals surface area contributed by atoms with Gasteiger partial charge in [-0.3, -0.25) is 4.79 Å². The van der Waals surface area contributed by atoms with Gasteiger partial charge in [-0.15, -0.1) is 0 Å². The Labute approximate surface area is 92.1 Å². The lowest BCUT2D eigenvalue weighted by atomic mass is 9.87. The van der Waals surface area contributed by atoms with Gasteiger partial charge in [0.1, 0.15) is 5.78 Å². The molecule has 0 heterocycles. The van der Waals surface area contributed by atoms with Crippen molar-refractivity contribution in [2.45, 2.75) is 58.0 Å². The molecule has 0 bridgehead atoms. The predicted octanol–water partition coefficient (Wildman–Crippen LogP) is 2.54. The van der Waals surface area contributed by atoms with Crippen LogP contribution in [-0.4, -0.2) is 17.0 Å². The van der Waals surface area contributed by atoms with Gasteiger partial charge in [0.05, 0.1) is 6.10 Å². The third-order valence-electron chi connectivity index (χ3n) is 4.41. The summed E-state index contributed by atoms with van der Waals surface area (Å²) in [5, 5.41) is 9.54. The highest BCUT2D eigenvalue weighted by Crippen LogP contribution is 2.47. The first-order valence-electron chi connectivity index (χ1n) is 6.40. The standard InChI is InChI=1S/C13H22O2/c1-2-11(14)6-5-9-3-4-10-7-12(15)8-13(9)10/h9-11,13-14H,2-8H2,1H3. The van der Waals surface area contributed by atoms with E-state index < -0.39 is 0 Å². The quantitative estimate of drug-likeness (QED) is 0.774. The first kappa shape index (κ1) is 11.1. The molecule has 0 aromatic rings. The van der Waals surface area contributed by atoms with Crippen LogP contribution in [0.1, 0.15) is 51.9 Å². The lowest BCUT2D eigenvalue weighted by Gasteiger charge is -2.18. The van der Waals surface area contributed by atoms with E-state index in [9.17, 15) is 9.90 Å².